The van der Waals surface area contributed by atoms with E-state index in [1.165, 1.54) is 5.56 Å². The Kier molecular flexibility index (Phi) is 5.00. The van der Waals surface area contributed by atoms with Crippen molar-refractivity contribution in [3.8, 4) is 0 Å². The van der Waals surface area contributed by atoms with E-state index < -0.39 is 5.54 Å². The highest BCUT2D eigenvalue weighted by molar-refractivity contribution is 5.85. The quantitative estimate of drug-likeness (QED) is 0.886. The summed E-state index contributed by atoms with van der Waals surface area (Å²) < 4.78 is 1.84. The van der Waals surface area contributed by atoms with Crippen LogP contribution in [0.1, 0.15) is 38.2 Å². The second-order valence-corrected chi connectivity index (χ2v) is 6.69. The van der Waals surface area contributed by atoms with E-state index in [0.29, 0.717) is 0 Å². The molecule has 0 aliphatic carbocycles. The average molecular weight is 326 g/mol. The third-order valence-corrected chi connectivity index (χ3v) is 5.23. The van der Waals surface area contributed by atoms with Crippen molar-refractivity contribution in [3.63, 3.8) is 0 Å². The van der Waals surface area contributed by atoms with E-state index in [0.717, 1.165) is 25.9 Å². The zero-order chi connectivity index (χ0) is 17.0. The molecule has 1 saturated heterocycles. The Morgan fingerprint density at radius 3 is 2.54 bits per heavy atom. The minimum Gasteiger partial charge on any atom is -0.351 e. The number of carbonyl (C=O) groups is 1. The lowest BCUT2D eigenvalue weighted by atomic mass is 9.86. The Morgan fingerprint density at radius 1 is 1.21 bits per heavy atom. The van der Waals surface area contributed by atoms with Gasteiger partial charge in [-0.3, -0.25) is 9.48 Å². The van der Waals surface area contributed by atoms with Crippen LogP contribution in [0.25, 0.3) is 0 Å². The SMILES string of the molecule is CC(NC(=O)C1(n2cccn2)CCNCC1)C(C)c1ccccc1. The van der Waals surface area contributed by atoms with E-state index in [4.69, 9.17) is 0 Å². The van der Waals surface area contributed by atoms with Gasteiger partial charge < -0.3 is 10.6 Å². The van der Waals surface area contributed by atoms with Crippen molar-refractivity contribution < 1.29 is 4.79 Å². The molecule has 2 heterocycles. The van der Waals surface area contributed by atoms with Crippen LogP contribution in [0.3, 0.4) is 0 Å². The minimum absolute atomic E-state index is 0.0576. The molecule has 5 nitrogen and oxygen atoms in total. The summed E-state index contributed by atoms with van der Waals surface area (Å²) in [4.78, 5) is 13.2. The van der Waals surface area contributed by atoms with E-state index in [9.17, 15) is 4.79 Å². The van der Waals surface area contributed by atoms with Gasteiger partial charge in [-0.2, -0.15) is 5.10 Å². The summed E-state index contributed by atoms with van der Waals surface area (Å²) in [5.41, 5.74) is 0.656. The smallest absolute Gasteiger partial charge is 0.248 e. The van der Waals surface area contributed by atoms with Crippen molar-refractivity contribution in [2.24, 2.45) is 0 Å². The summed E-state index contributed by atoms with van der Waals surface area (Å²) >= 11 is 0. The van der Waals surface area contributed by atoms with Crippen LogP contribution < -0.4 is 10.6 Å². The third kappa shape index (κ3) is 3.22. The molecule has 3 rings (SSSR count). The molecule has 1 amide bonds. The second kappa shape index (κ2) is 7.18. The molecule has 1 aliphatic heterocycles. The number of carbonyl (C=O) groups excluding carboxylic acids is 1. The highest BCUT2D eigenvalue weighted by Crippen LogP contribution is 2.28. The van der Waals surface area contributed by atoms with Gasteiger partial charge in [-0.05, 0) is 44.5 Å². The molecule has 2 N–H and O–H groups in total. The number of nitrogens with one attached hydrogen (secondary N) is 2. The van der Waals surface area contributed by atoms with Gasteiger partial charge in [0.1, 0.15) is 5.54 Å². The first kappa shape index (κ1) is 16.7. The maximum Gasteiger partial charge on any atom is 0.248 e. The fraction of sp³-hybridized carbons (Fsp3) is 0.474. The van der Waals surface area contributed by atoms with Crippen LogP contribution in [0.5, 0.6) is 0 Å². The van der Waals surface area contributed by atoms with Crippen molar-refractivity contribution in [3.05, 3.63) is 54.4 Å². The predicted molar refractivity (Wildman–Crippen MR) is 94.8 cm³/mol. The topological polar surface area (TPSA) is 59.0 Å². The molecule has 1 aliphatic rings. The van der Waals surface area contributed by atoms with Gasteiger partial charge in [0, 0.05) is 24.4 Å². The maximum atomic E-state index is 13.2. The van der Waals surface area contributed by atoms with Crippen molar-refractivity contribution in [2.45, 2.75) is 44.2 Å². The van der Waals surface area contributed by atoms with Gasteiger partial charge in [0.25, 0.3) is 0 Å². The first-order valence-corrected chi connectivity index (χ1v) is 8.70. The second-order valence-electron chi connectivity index (χ2n) is 6.69. The van der Waals surface area contributed by atoms with Crippen LogP contribution in [-0.2, 0) is 10.3 Å². The lowest BCUT2D eigenvalue weighted by Crippen LogP contribution is -2.56. The summed E-state index contributed by atoms with van der Waals surface area (Å²) in [6.45, 7) is 5.89. The number of amides is 1. The van der Waals surface area contributed by atoms with Gasteiger partial charge in [0.15, 0.2) is 0 Å². The van der Waals surface area contributed by atoms with Gasteiger partial charge in [-0.25, -0.2) is 0 Å². The summed E-state index contributed by atoms with van der Waals surface area (Å²) in [7, 11) is 0. The van der Waals surface area contributed by atoms with Gasteiger partial charge >= 0.3 is 0 Å². The van der Waals surface area contributed by atoms with Gasteiger partial charge in [0.2, 0.25) is 5.91 Å². The van der Waals surface area contributed by atoms with Crippen LogP contribution >= 0.6 is 0 Å². The lowest BCUT2D eigenvalue weighted by molar-refractivity contribution is -0.132. The maximum absolute atomic E-state index is 13.2. The molecule has 5 heteroatoms. The van der Waals surface area contributed by atoms with E-state index in [2.05, 4.69) is 41.7 Å². The van der Waals surface area contributed by atoms with Crippen molar-refractivity contribution in [1.29, 1.82) is 0 Å². The summed E-state index contributed by atoms with van der Waals surface area (Å²) in [6, 6.07) is 12.3. The number of nitrogens with zero attached hydrogens (tertiary/aromatic N) is 2. The number of rotatable bonds is 5. The number of piperidine rings is 1. The molecule has 128 valence electrons. The molecular weight excluding hydrogens is 300 g/mol. The van der Waals surface area contributed by atoms with Crippen LogP contribution in [0, 0.1) is 0 Å². The molecule has 2 unspecified atom stereocenters. The standard InChI is InChI=1S/C19H26N4O/c1-15(17-7-4-3-5-8-17)16(2)22-18(24)19(9-12-20-13-10-19)23-14-6-11-21-23/h3-8,11,14-16,20H,9-10,12-13H2,1-2H3,(H,22,24). The fourth-order valence-electron chi connectivity index (χ4n) is 3.43. The van der Waals surface area contributed by atoms with E-state index >= 15 is 0 Å². The monoisotopic (exact) mass is 326 g/mol. The molecule has 24 heavy (non-hydrogen) atoms. The predicted octanol–water partition coefficient (Wildman–Crippen LogP) is 2.27. The number of aromatic nitrogens is 2. The molecular formula is C19H26N4O. The van der Waals surface area contributed by atoms with E-state index in [-0.39, 0.29) is 17.9 Å². The Morgan fingerprint density at radius 2 is 1.92 bits per heavy atom. The van der Waals surface area contributed by atoms with Crippen molar-refractivity contribution in [2.75, 3.05) is 13.1 Å². The zero-order valence-electron chi connectivity index (χ0n) is 14.4. The van der Waals surface area contributed by atoms with Crippen LogP contribution in [0.2, 0.25) is 0 Å². The van der Waals surface area contributed by atoms with Crippen LogP contribution in [-0.4, -0.2) is 34.8 Å². The zero-order valence-corrected chi connectivity index (χ0v) is 14.4. The highest BCUT2D eigenvalue weighted by Gasteiger charge is 2.42. The van der Waals surface area contributed by atoms with Gasteiger partial charge in [0.05, 0.1) is 0 Å². The number of hydrogen-bond donors (Lipinski definition) is 2. The Hall–Kier alpha value is -2.14. The first-order chi connectivity index (χ1) is 11.6. The molecule has 1 aromatic heterocycles. The lowest BCUT2D eigenvalue weighted by Gasteiger charge is -2.38. The molecule has 1 fully saturated rings. The van der Waals surface area contributed by atoms with E-state index in [1.807, 2.05) is 35.1 Å². The number of benzene rings is 1. The average Bonchev–Trinajstić information content (AvgIpc) is 3.17. The first-order valence-electron chi connectivity index (χ1n) is 8.70. The summed E-state index contributed by atoms with van der Waals surface area (Å²) in [5.74, 6) is 0.328. The highest BCUT2D eigenvalue weighted by atomic mass is 16.2. The minimum atomic E-state index is -0.584. The number of hydrogen-bond acceptors (Lipinski definition) is 3. The Bertz CT molecular complexity index is 647. The van der Waals surface area contributed by atoms with Crippen LogP contribution in [0.15, 0.2) is 48.8 Å². The summed E-state index contributed by atoms with van der Waals surface area (Å²) in [5, 5.41) is 11.0. The van der Waals surface area contributed by atoms with Crippen molar-refractivity contribution >= 4 is 5.91 Å². The molecule has 0 saturated carbocycles. The third-order valence-electron chi connectivity index (χ3n) is 5.23. The van der Waals surface area contributed by atoms with Crippen LogP contribution in [0.4, 0.5) is 0 Å². The largest absolute Gasteiger partial charge is 0.351 e. The summed E-state index contributed by atoms with van der Waals surface area (Å²) in [6.07, 6.45) is 5.16. The van der Waals surface area contributed by atoms with Gasteiger partial charge in [-0.15, -0.1) is 0 Å². The molecule has 2 aromatic rings. The molecule has 1 aromatic carbocycles. The molecule has 0 spiro atoms. The van der Waals surface area contributed by atoms with Gasteiger partial charge in [-0.1, -0.05) is 37.3 Å². The van der Waals surface area contributed by atoms with Crippen molar-refractivity contribution in [1.82, 2.24) is 20.4 Å². The fourth-order valence-corrected chi connectivity index (χ4v) is 3.43. The Balaban J connectivity index is 1.76. The molecule has 0 radical (unpaired) electrons. The molecule has 2 atom stereocenters. The van der Waals surface area contributed by atoms with E-state index in [1.54, 1.807) is 6.20 Å². The molecule has 0 bridgehead atoms. The normalized spacial score (nSPS) is 19.4. The Labute approximate surface area is 143 Å².